The molecule has 2 aromatic rings. The van der Waals surface area contributed by atoms with Crippen LogP contribution in [0.25, 0.3) is 0 Å². The third-order valence-electron chi connectivity index (χ3n) is 4.11. The molecule has 0 spiro atoms. The van der Waals surface area contributed by atoms with Crippen molar-refractivity contribution in [2.24, 2.45) is 0 Å². The maximum Gasteiger partial charge on any atom is 0.262 e. The summed E-state index contributed by atoms with van der Waals surface area (Å²) >= 11 is 1.09. The molecule has 1 aromatic heterocycles. The van der Waals surface area contributed by atoms with Crippen LogP contribution in [-0.2, 0) is 10.0 Å². The van der Waals surface area contributed by atoms with E-state index in [4.69, 9.17) is 0 Å². The summed E-state index contributed by atoms with van der Waals surface area (Å²) in [4.78, 5) is 13.9. The first-order valence-electron chi connectivity index (χ1n) is 7.74. The van der Waals surface area contributed by atoms with E-state index < -0.39 is 15.9 Å². The Bertz CT molecular complexity index is 874. The molecule has 2 heterocycles. The van der Waals surface area contributed by atoms with Crippen LogP contribution in [0.2, 0.25) is 0 Å². The lowest BCUT2D eigenvalue weighted by atomic mass is 10.2. The molecule has 0 bridgehead atoms. The topological polar surface area (TPSA) is 69.7 Å². The Balaban J connectivity index is 1.78. The first-order chi connectivity index (χ1) is 11.9. The fourth-order valence-electron chi connectivity index (χ4n) is 2.80. The number of carbonyl (C=O) groups excluding carboxylic acids is 1. The molecular formula is C16H18FN3O3S2. The van der Waals surface area contributed by atoms with Crippen LogP contribution >= 0.6 is 11.3 Å². The third-order valence-corrected chi connectivity index (χ3v) is 7.10. The average Bonchev–Trinajstić information content (AvgIpc) is 3.12. The minimum atomic E-state index is -3.76. The standard InChI is InChI=1S/C16H18FN3O3S2/c1-18-16(21)15-14(6-11-24-15)25(22,23)20-9-7-19(8-10-20)13-5-3-2-4-12(13)17/h2-6,11H,7-10H2,1H3,(H,18,21). The number of hydrogen-bond acceptors (Lipinski definition) is 5. The van der Waals surface area contributed by atoms with Crippen LogP contribution in [-0.4, -0.2) is 51.9 Å². The highest BCUT2D eigenvalue weighted by atomic mass is 32.2. The van der Waals surface area contributed by atoms with Crippen molar-refractivity contribution in [2.75, 3.05) is 38.1 Å². The van der Waals surface area contributed by atoms with Gasteiger partial charge in [-0.2, -0.15) is 4.31 Å². The highest BCUT2D eigenvalue weighted by Gasteiger charge is 2.32. The summed E-state index contributed by atoms with van der Waals surface area (Å²) in [5.41, 5.74) is 0.473. The van der Waals surface area contributed by atoms with E-state index in [0.717, 1.165) is 11.3 Å². The van der Waals surface area contributed by atoms with E-state index in [2.05, 4.69) is 5.32 Å². The van der Waals surface area contributed by atoms with Gasteiger partial charge in [-0.1, -0.05) is 12.1 Å². The van der Waals surface area contributed by atoms with Crippen LogP contribution in [0.3, 0.4) is 0 Å². The molecule has 3 rings (SSSR count). The molecule has 0 unspecified atom stereocenters. The van der Waals surface area contributed by atoms with Gasteiger partial charge in [-0.25, -0.2) is 12.8 Å². The molecule has 0 aliphatic carbocycles. The van der Waals surface area contributed by atoms with Gasteiger partial charge in [0.2, 0.25) is 10.0 Å². The molecule has 6 nitrogen and oxygen atoms in total. The van der Waals surface area contributed by atoms with Gasteiger partial charge in [0.05, 0.1) is 5.69 Å². The molecule has 1 saturated heterocycles. The summed E-state index contributed by atoms with van der Waals surface area (Å²) < 4.78 is 41.0. The second-order valence-corrected chi connectivity index (χ2v) is 8.36. The third kappa shape index (κ3) is 3.39. The van der Waals surface area contributed by atoms with Gasteiger partial charge in [-0.05, 0) is 23.6 Å². The van der Waals surface area contributed by atoms with E-state index >= 15 is 0 Å². The van der Waals surface area contributed by atoms with Crippen LogP contribution < -0.4 is 10.2 Å². The maximum absolute atomic E-state index is 13.9. The number of nitrogens with zero attached hydrogens (tertiary/aromatic N) is 2. The fraction of sp³-hybridized carbons (Fsp3) is 0.312. The lowest BCUT2D eigenvalue weighted by molar-refractivity contribution is 0.0964. The van der Waals surface area contributed by atoms with Crippen LogP contribution in [0.4, 0.5) is 10.1 Å². The summed E-state index contributed by atoms with van der Waals surface area (Å²) in [6.45, 7) is 1.25. The molecule has 25 heavy (non-hydrogen) atoms. The quantitative estimate of drug-likeness (QED) is 0.874. The summed E-state index contributed by atoms with van der Waals surface area (Å²) in [5.74, 6) is -0.739. The Morgan fingerprint density at radius 3 is 2.48 bits per heavy atom. The normalized spacial score (nSPS) is 16.0. The van der Waals surface area contributed by atoms with Crippen molar-refractivity contribution in [3.8, 4) is 0 Å². The molecule has 1 aliphatic heterocycles. The number of anilines is 1. The number of rotatable bonds is 4. The Morgan fingerprint density at radius 1 is 1.16 bits per heavy atom. The van der Waals surface area contributed by atoms with Crippen molar-refractivity contribution in [1.29, 1.82) is 0 Å². The van der Waals surface area contributed by atoms with Gasteiger partial charge in [0.1, 0.15) is 15.6 Å². The zero-order chi connectivity index (χ0) is 18.0. The van der Waals surface area contributed by atoms with Gasteiger partial charge < -0.3 is 10.2 Å². The number of piperazine rings is 1. The smallest absolute Gasteiger partial charge is 0.262 e. The Morgan fingerprint density at radius 2 is 1.84 bits per heavy atom. The summed E-state index contributed by atoms with van der Waals surface area (Å²) in [7, 11) is -2.29. The predicted molar refractivity (Wildman–Crippen MR) is 95.1 cm³/mol. The minimum absolute atomic E-state index is 0.0243. The van der Waals surface area contributed by atoms with E-state index in [-0.39, 0.29) is 28.7 Å². The number of para-hydroxylation sites is 1. The molecule has 1 fully saturated rings. The number of nitrogens with one attached hydrogen (secondary N) is 1. The molecule has 0 saturated carbocycles. The van der Waals surface area contributed by atoms with Gasteiger partial charge in [0.25, 0.3) is 5.91 Å². The number of hydrogen-bond donors (Lipinski definition) is 1. The number of thiophene rings is 1. The zero-order valence-electron chi connectivity index (χ0n) is 13.6. The molecule has 0 radical (unpaired) electrons. The molecular weight excluding hydrogens is 365 g/mol. The maximum atomic E-state index is 13.9. The highest BCUT2D eigenvalue weighted by molar-refractivity contribution is 7.89. The second-order valence-electron chi connectivity index (χ2n) is 5.54. The van der Waals surface area contributed by atoms with Crippen molar-refractivity contribution >= 4 is 33.0 Å². The molecule has 1 amide bonds. The fourth-order valence-corrected chi connectivity index (χ4v) is 5.57. The lowest BCUT2D eigenvalue weighted by Gasteiger charge is -2.35. The van der Waals surface area contributed by atoms with Crippen molar-refractivity contribution in [2.45, 2.75) is 4.90 Å². The van der Waals surface area contributed by atoms with E-state index in [1.54, 1.807) is 23.6 Å². The van der Waals surface area contributed by atoms with Crippen molar-refractivity contribution < 1.29 is 17.6 Å². The molecule has 1 aromatic carbocycles. The Labute approximate surface area is 149 Å². The molecule has 134 valence electrons. The summed E-state index contributed by atoms with van der Waals surface area (Å²) in [6, 6.07) is 7.90. The van der Waals surface area contributed by atoms with E-state index in [9.17, 15) is 17.6 Å². The highest BCUT2D eigenvalue weighted by Crippen LogP contribution is 2.27. The summed E-state index contributed by atoms with van der Waals surface area (Å²) in [5, 5.41) is 4.05. The van der Waals surface area contributed by atoms with Gasteiger partial charge in [-0.3, -0.25) is 4.79 Å². The van der Waals surface area contributed by atoms with Gasteiger partial charge in [0.15, 0.2) is 0 Å². The minimum Gasteiger partial charge on any atom is -0.367 e. The monoisotopic (exact) mass is 383 g/mol. The summed E-state index contributed by atoms with van der Waals surface area (Å²) in [6.07, 6.45) is 0. The van der Waals surface area contributed by atoms with E-state index in [1.165, 1.54) is 23.5 Å². The van der Waals surface area contributed by atoms with Gasteiger partial charge >= 0.3 is 0 Å². The Kier molecular flexibility index (Phi) is 5.07. The molecule has 9 heteroatoms. The molecule has 0 atom stereocenters. The second kappa shape index (κ2) is 7.11. The largest absolute Gasteiger partial charge is 0.367 e. The number of carbonyl (C=O) groups is 1. The zero-order valence-corrected chi connectivity index (χ0v) is 15.2. The molecule has 1 aliphatic rings. The predicted octanol–water partition coefficient (Wildman–Crippen LogP) is 1.76. The van der Waals surface area contributed by atoms with Crippen molar-refractivity contribution in [1.82, 2.24) is 9.62 Å². The number of amides is 1. The first-order valence-corrected chi connectivity index (χ1v) is 10.1. The van der Waals surface area contributed by atoms with E-state index in [1.807, 2.05) is 4.90 Å². The first kappa shape index (κ1) is 17.8. The number of sulfonamides is 1. The average molecular weight is 383 g/mol. The van der Waals surface area contributed by atoms with Gasteiger partial charge in [0, 0.05) is 33.2 Å². The van der Waals surface area contributed by atoms with Crippen LogP contribution in [0, 0.1) is 5.82 Å². The number of benzene rings is 1. The SMILES string of the molecule is CNC(=O)c1sccc1S(=O)(=O)N1CCN(c2ccccc2F)CC1. The van der Waals surface area contributed by atoms with Crippen LogP contribution in [0.15, 0.2) is 40.6 Å². The molecule has 1 N–H and O–H groups in total. The van der Waals surface area contributed by atoms with Gasteiger partial charge in [-0.15, -0.1) is 11.3 Å². The lowest BCUT2D eigenvalue weighted by Crippen LogP contribution is -2.49. The van der Waals surface area contributed by atoms with Crippen molar-refractivity contribution in [3.05, 3.63) is 46.4 Å². The van der Waals surface area contributed by atoms with Crippen LogP contribution in [0.1, 0.15) is 9.67 Å². The Hall–Kier alpha value is -1.97. The van der Waals surface area contributed by atoms with Crippen LogP contribution in [0.5, 0.6) is 0 Å². The van der Waals surface area contributed by atoms with E-state index in [0.29, 0.717) is 18.8 Å². The van der Waals surface area contributed by atoms with Crippen molar-refractivity contribution in [3.63, 3.8) is 0 Å². The number of halogens is 1.